The number of β-amino-alcohol motifs (C(OH)–C–C–N with tert-alkyl or cyclic N) is 1. The standard InChI is InChI=1S/C23H26F2N4O/c1-23(30)7-10-27(15-23)14-16-13-26-29-9-6-18(12-22(16)29)28-8-2-3-21(28)19-11-17(24)4-5-20(19)25/h4-6,9,11-13,21,30H,2-3,7-8,10,14-15H2,1H3/t21-,23?/m1/s1. The highest BCUT2D eigenvalue weighted by molar-refractivity contribution is 5.64. The Morgan fingerprint density at radius 1 is 1.20 bits per heavy atom. The summed E-state index contributed by atoms with van der Waals surface area (Å²) in [5.41, 5.74) is 2.88. The zero-order valence-electron chi connectivity index (χ0n) is 17.1. The summed E-state index contributed by atoms with van der Waals surface area (Å²) in [6.07, 6.45) is 6.29. The van der Waals surface area contributed by atoms with Crippen LogP contribution in [0, 0.1) is 11.6 Å². The second kappa shape index (κ2) is 7.32. The molecule has 2 fully saturated rings. The molecule has 3 aromatic rings. The lowest BCUT2D eigenvalue weighted by atomic mass is 10.0. The number of aliphatic hydroxyl groups is 1. The first kappa shape index (κ1) is 19.5. The lowest BCUT2D eigenvalue weighted by Gasteiger charge is -2.27. The quantitative estimate of drug-likeness (QED) is 0.706. The van der Waals surface area contributed by atoms with Gasteiger partial charge in [0.05, 0.1) is 23.4 Å². The summed E-state index contributed by atoms with van der Waals surface area (Å²) in [5.74, 6) is -0.770. The van der Waals surface area contributed by atoms with Gasteiger partial charge in [0.1, 0.15) is 11.6 Å². The summed E-state index contributed by atoms with van der Waals surface area (Å²) >= 11 is 0. The highest BCUT2D eigenvalue weighted by Crippen LogP contribution is 2.38. The number of hydrogen-bond acceptors (Lipinski definition) is 4. The molecule has 1 unspecified atom stereocenters. The van der Waals surface area contributed by atoms with Gasteiger partial charge in [0, 0.05) is 49.2 Å². The largest absolute Gasteiger partial charge is 0.389 e. The number of anilines is 1. The molecule has 0 aliphatic carbocycles. The SMILES string of the molecule is CC1(O)CCN(Cc2cnn3ccc(N4CCC[C@@H]4c4cc(F)ccc4F)cc23)C1. The van der Waals surface area contributed by atoms with E-state index in [1.807, 2.05) is 29.9 Å². The average Bonchev–Trinajstić information content (AvgIpc) is 3.42. The van der Waals surface area contributed by atoms with Crippen LogP contribution in [0.25, 0.3) is 5.52 Å². The topological polar surface area (TPSA) is 44.0 Å². The van der Waals surface area contributed by atoms with Crippen LogP contribution in [-0.2, 0) is 6.54 Å². The van der Waals surface area contributed by atoms with Crippen molar-refractivity contribution in [2.24, 2.45) is 0 Å². The number of benzene rings is 1. The summed E-state index contributed by atoms with van der Waals surface area (Å²) in [5, 5.41) is 14.7. The number of likely N-dealkylation sites (tertiary alicyclic amines) is 1. The smallest absolute Gasteiger partial charge is 0.128 e. The predicted octanol–water partition coefficient (Wildman–Crippen LogP) is 3.91. The molecule has 30 heavy (non-hydrogen) atoms. The van der Waals surface area contributed by atoms with E-state index in [1.54, 1.807) is 0 Å². The van der Waals surface area contributed by atoms with Crippen LogP contribution in [0.15, 0.2) is 42.7 Å². The molecule has 1 aromatic carbocycles. The van der Waals surface area contributed by atoms with Crippen LogP contribution in [-0.4, -0.2) is 44.9 Å². The van der Waals surface area contributed by atoms with Gasteiger partial charge in [0.15, 0.2) is 0 Å². The molecule has 2 aliphatic heterocycles. The molecule has 2 aromatic heterocycles. The Hall–Kier alpha value is -2.51. The van der Waals surface area contributed by atoms with E-state index >= 15 is 0 Å². The third-order valence-corrected chi connectivity index (χ3v) is 6.41. The molecule has 5 rings (SSSR count). The maximum atomic E-state index is 14.4. The minimum Gasteiger partial charge on any atom is -0.389 e. The Balaban J connectivity index is 1.45. The van der Waals surface area contributed by atoms with Crippen LogP contribution in [0.1, 0.15) is 43.4 Å². The number of halogens is 2. The molecular formula is C23H26F2N4O. The Bertz CT molecular complexity index is 1080. The van der Waals surface area contributed by atoms with Gasteiger partial charge >= 0.3 is 0 Å². The fourth-order valence-electron chi connectivity index (χ4n) is 4.90. The molecule has 5 nitrogen and oxygen atoms in total. The molecule has 158 valence electrons. The molecule has 0 radical (unpaired) electrons. The molecule has 0 saturated carbocycles. The van der Waals surface area contributed by atoms with Crippen molar-refractivity contribution >= 4 is 11.2 Å². The number of pyridine rings is 1. The third kappa shape index (κ3) is 3.56. The van der Waals surface area contributed by atoms with Gasteiger partial charge in [-0.25, -0.2) is 13.3 Å². The summed E-state index contributed by atoms with van der Waals surface area (Å²) in [4.78, 5) is 4.40. The maximum Gasteiger partial charge on any atom is 0.128 e. The molecule has 0 bridgehead atoms. The monoisotopic (exact) mass is 412 g/mol. The van der Waals surface area contributed by atoms with Crippen molar-refractivity contribution in [2.45, 2.75) is 44.4 Å². The van der Waals surface area contributed by atoms with Crippen LogP contribution >= 0.6 is 0 Å². The van der Waals surface area contributed by atoms with Crippen molar-refractivity contribution in [3.05, 3.63) is 65.5 Å². The fraction of sp³-hybridized carbons (Fsp3) is 0.435. The zero-order chi connectivity index (χ0) is 20.9. The van der Waals surface area contributed by atoms with Crippen LogP contribution < -0.4 is 4.90 Å². The zero-order valence-corrected chi connectivity index (χ0v) is 17.1. The highest BCUT2D eigenvalue weighted by atomic mass is 19.1. The minimum absolute atomic E-state index is 0.178. The van der Waals surface area contributed by atoms with E-state index in [1.165, 1.54) is 18.2 Å². The molecule has 1 N–H and O–H groups in total. The van der Waals surface area contributed by atoms with Crippen LogP contribution in [0.3, 0.4) is 0 Å². The number of nitrogens with zero attached hydrogens (tertiary/aromatic N) is 4. The molecule has 7 heteroatoms. The summed E-state index contributed by atoms with van der Waals surface area (Å²) in [6.45, 7) is 4.91. The first-order chi connectivity index (χ1) is 14.4. The molecule has 0 amide bonds. The van der Waals surface area contributed by atoms with E-state index in [0.29, 0.717) is 12.1 Å². The van der Waals surface area contributed by atoms with E-state index in [0.717, 1.165) is 55.7 Å². The summed E-state index contributed by atoms with van der Waals surface area (Å²) in [7, 11) is 0. The second-order valence-electron chi connectivity index (χ2n) is 8.86. The van der Waals surface area contributed by atoms with Crippen LogP contribution in [0.2, 0.25) is 0 Å². The molecule has 0 spiro atoms. The Labute approximate surface area is 174 Å². The van der Waals surface area contributed by atoms with E-state index in [4.69, 9.17) is 0 Å². The van der Waals surface area contributed by atoms with Crippen molar-refractivity contribution in [1.82, 2.24) is 14.5 Å². The lowest BCUT2D eigenvalue weighted by Crippen LogP contribution is -2.29. The summed E-state index contributed by atoms with van der Waals surface area (Å²) < 4.78 is 30.1. The number of fused-ring (bicyclic) bond motifs is 1. The van der Waals surface area contributed by atoms with Crippen molar-refractivity contribution < 1.29 is 13.9 Å². The van der Waals surface area contributed by atoms with Gasteiger partial charge in [-0.15, -0.1) is 0 Å². The number of rotatable bonds is 4. The Kier molecular flexibility index (Phi) is 4.75. The van der Waals surface area contributed by atoms with Crippen molar-refractivity contribution in [2.75, 3.05) is 24.5 Å². The van der Waals surface area contributed by atoms with E-state index in [9.17, 15) is 13.9 Å². The Morgan fingerprint density at radius 2 is 2.07 bits per heavy atom. The van der Waals surface area contributed by atoms with Gasteiger partial charge in [0.25, 0.3) is 0 Å². The van der Waals surface area contributed by atoms with Crippen LogP contribution in [0.4, 0.5) is 14.5 Å². The molecule has 2 saturated heterocycles. The molecule has 2 atom stereocenters. The number of aromatic nitrogens is 2. The lowest BCUT2D eigenvalue weighted by molar-refractivity contribution is 0.0679. The fourth-order valence-corrected chi connectivity index (χ4v) is 4.90. The summed E-state index contributed by atoms with van der Waals surface area (Å²) in [6, 6.07) is 7.60. The normalized spacial score (nSPS) is 24.9. The average molecular weight is 412 g/mol. The van der Waals surface area contributed by atoms with E-state index in [2.05, 4.69) is 21.0 Å². The van der Waals surface area contributed by atoms with Gasteiger partial charge in [-0.1, -0.05) is 0 Å². The Morgan fingerprint density at radius 3 is 2.87 bits per heavy atom. The van der Waals surface area contributed by atoms with Crippen molar-refractivity contribution in [3.8, 4) is 0 Å². The number of hydrogen-bond donors (Lipinski definition) is 1. The van der Waals surface area contributed by atoms with Gasteiger partial charge in [0.2, 0.25) is 0 Å². The van der Waals surface area contributed by atoms with Crippen molar-refractivity contribution in [3.63, 3.8) is 0 Å². The van der Waals surface area contributed by atoms with Crippen molar-refractivity contribution in [1.29, 1.82) is 0 Å². The van der Waals surface area contributed by atoms with Crippen LogP contribution in [0.5, 0.6) is 0 Å². The minimum atomic E-state index is -0.633. The molecular weight excluding hydrogens is 386 g/mol. The second-order valence-corrected chi connectivity index (χ2v) is 8.86. The van der Waals surface area contributed by atoms with Gasteiger partial charge < -0.3 is 10.0 Å². The van der Waals surface area contributed by atoms with E-state index in [-0.39, 0.29) is 11.9 Å². The van der Waals surface area contributed by atoms with Gasteiger partial charge in [-0.05, 0) is 56.5 Å². The molecule has 4 heterocycles. The maximum absolute atomic E-state index is 14.4. The van der Waals surface area contributed by atoms with Gasteiger partial charge in [-0.2, -0.15) is 5.10 Å². The first-order valence-corrected chi connectivity index (χ1v) is 10.5. The van der Waals surface area contributed by atoms with E-state index < -0.39 is 11.4 Å². The highest BCUT2D eigenvalue weighted by Gasteiger charge is 2.32. The molecule has 2 aliphatic rings. The van der Waals surface area contributed by atoms with Gasteiger partial charge in [-0.3, -0.25) is 4.90 Å². The first-order valence-electron chi connectivity index (χ1n) is 10.5. The third-order valence-electron chi connectivity index (χ3n) is 6.41. The predicted molar refractivity (Wildman–Crippen MR) is 111 cm³/mol.